The minimum Gasteiger partial charge on any atom is -0.368 e. The van der Waals surface area contributed by atoms with Crippen LogP contribution in [0.2, 0.25) is 0 Å². The van der Waals surface area contributed by atoms with Gasteiger partial charge >= 0.3 is 0 Å². The molecule has 2 aromatic heterocycles. The predicted molar refractivity (Wildman–Crippen MR) is 123 cm³/mol. The van der Waals surface area contributed by atoms with Gasteiger partial charge in [-0.15, -0.1) is 0 Å². The quantitative estimate of drug-likeness (QED) is 0.405. The minimum atomic E-state index is -0.438. The summed E-state index contributed by atoms with van der Waals surface area (Å²) in [6.07, 6.45) is 2.66. The predicted octanol–water partition coefficient (Wildman–Crippen LogP) is 4.31. The number of aromatic nitrogens is 4. The van der Waals surface area contributed by atoms with Gasteiger partial charge in [0, 0.05) is 24.6 Å². The van der Waals surface area contributed by atoms with Crippen LogP contribution in [0.1, 0.15) is 42.4 Å². The van der Waals surface area contributed by atoms with E-state index in [1.807, 2.05) is 30.3 Å². The summed E-state index contributed by atoms with van der Waals surface area (Å²) in [4.78, 5) is 21.7. The van der Waals surface area contributed by atoms with Crippen LogP contribution in [-0.4, -0.2) is 38.7 Å². The van der Waals surface area contributed by atoms with E-state index in [0.29, 0.717) is 18.9 Å². The highest BCUT2D eigenvalue weighted by Crippen LogP contribution is 2.26. The fraction of sp³-hybridized carbons (Fsp3) is 0.250. The molecule has 0 radical (unpaired) electrons. The first kappa shape index (κ1) is 21.4. The number of fused-ring (bicyclic) bond motifs is 1. The SMILES string of the molecule is CC[C@@H](C)c1nc(NCCNC(=O)c2cccc(F)c2)c2cnn(-c3ccccc3)c2n1. The molecule has 2 aromatic carbocycles. The Morgan fingerprint density at radius 2 is 1.91 bits per heavy atom. The summed E-state index contributed by atoms with van der Waals surface area (Å²) >= 11 is 0. The molecule has 1 atom stereocenters. The number of benzene rings is 2. The second-order valence-electron chi connectivity index (χ2n) is 7.56. The van der Waals surface area contributed by atoms with Crippen molar-refractivity contribution in [2.75, 3.05) is 18.4 Å². The van der Waals surface area contributed by atoms with Crippen molar-refractivity contribution < 1.29 is 9.18 Å². The third-order valence-electron chi connectivity index (χ3n) is 5.29. The molecule has 0 unspecified atom stereocenters. The van der Waals surface area contributed by atoms with Gasteiger partial charge in [-0.2, -0.15) is 5.10 Å². The first-order valence-corrected chi connectivity index (χ1v) is 10.7. The minimum absolute atomic E-state index is 0.187. The topological polar surface area (TPSA) is 84.7 Å². The van der Waals surface area contributed by atoms with Crippen molar-refractivity contribution in [3.05, 3.63) is 78.0 Å². The van der Waals surface area contributed by atoms with Crippen molar-refractivity contribution in [2.24, 2.45) is 0 Å². The molecule has 4 rings (SSSR count). The van der Waals surface area contributed by atoms with Crippen LogP contribution in [0, 0.1) is 5.82 Å². The summed E-state index contributed by atoms with van der Waals surface area (Å²) in [7, 11) is 0. The highest BCUT2D eigenvalue weighted by molar-refractivity contribution is 5.94. The van der Waals surface area contributed by atoms with E-state index >= 15 is 0 Å². The van der Waals surface area contributed by atoms with Gasteiger partial charge in [0.15, 0.2) is 5.65 Å². The number of rotatable bonds is 8. The van der Waals surface area contributed by atoms with Gasteiger partial charge in [0.1, 0.15) is 17.5 Å². The summed E-state index contributed by atoms with van der Waals surface area (Å²) in [6, 6.07) is 15.5. The van der Waals surface area contributed by atoms with Crippen molar-refractivity contribution in [1.82, 2.24) is 25.1 Å². The fourth-order valence-electron chi connectivity index (χ4n) is 3.31. The largest absolute Gasteiger partial charge is 0.368 e. The molecule has 0 bridgehead atoms. The summed E-state index contributed by atoms with van der Waals surface area (Å²) < 4.78 is 15.1. The number of amides is 1. The molecule has 4 aromatic rings. The summed E-state index contributed by atoms with van der Waals surface area (Å²) in [6.45, 7) is 4.99. The third-order valence-corrected chi connectivity index (χ3v) is 5.29. The zero-order valence-electron chi connectivity index (χ0n) is 18.0. The van der Waals surface area contributed by atoms with E-state index < -0.39 is 5.82 Å². The van der Waals surface area contributed by atoms with Crippen LogP contribution in [0.4, 0.5) is 10.2 Å². The van der Waals surface area contributed by atoms with E-state index in [9.17, 15) is 9.18 Å². The molecule has 2 heterocycles. The zero-order chi connectivity index (χ0) is 22.5. The van der Waals surface area contributed by atoms with Gasteiger partial charge in [-0.05, 0) is 36.8 Å². The average molecular weight is 433 g/mol. The van der Waals surface area contributed by atoms with Crippen LogP contribution in [0.3, 0.4) is 0 Å². The Morgan fingerprint density at radius 1 is 1.09 bits per heavy atom. The third kappa shape index (κ3) is 4.59. The maximum Gasteiger partial charge on any atom is 0.251 e. The number of nitrogens with zero attached hydrogens (tertiary/aromatic N) is 4. The monoisotopic (exact) mass is 432 g/mol. The Morgan fingerprint density at radius 3 is 2.66 bits per heavy atom. The maximum atomic E-state index is 13.3. The van der Waals surface area contributed by atoms with Crippen molar-refractivity contribution in [3.63, 3.8) is 0 Å². The number of para-hydroxylation sites is 1. The molecular weight excluding hydrogens is 407 g/mol. The van der Waals surface area contributed by atoms with Crippen molar-refractivity contribution in [3.8, 4) is 5.69 Å². The molecule has 7 nitrogen and oxygen atoms in total. The number of halogens is 1. The Labute approximate surface area is 185 Å². The van der Waals surface area contributed by atoms with Crippen molar-refractivity contribution in [2.45, 2.75) is 26.2 Å². The molecule has 0 aliphatic carbocycles. The molecule has 2 N–H and O–H groups in total. The average Bonchev–Trinajstić information content (AvgIpc) is 3.25. The molecule has 0 saturated heterocycles. The summed E-state index contributed by atoms with van der Waals surface area (Å²) in [5.74, 6) is 0.840. The number of anilines is 1. The van der Waals surface area contributed by atoms with Gasteiger partial charge in [-0.3, -0.25) is 4.79 Å². The van der Waals surface area contributed by atoms with Gasteiger partial charge in [-0.1, -0.05) is 38.1 Å². The van der Waals surface area contributed by atoms with E-state index in [1.165, 1.54) is 18.2 Å². The van der Waals surface area contributed by atoms with Crippen molar-refractivity contribution in [1.29, 1.82) is 0 Å². The Hall–Kier alpha value is -3.81. The number of nitrogens with one attached hydrogen (secondary N) is 2. The van der Waals surface area contributed by atoms with Gasteiger partial charge in [0.25, 0.3) is 5.91 Å². The number of hydrogen-bond donors (Lipinski definition) is 2. The van der Waals surface area contributed by atoms with Crippen LogP contribution in [0.5, 0.6) is 0 Å². The van der Waals surface area contributed by atoms with Crippen LogP contribution >= 0.6 is 0 Å². The van der Waals surface area contributed by atoms with E-state index in [1.54, 1.807) is 16.9 Å². The molecule has 0 aliphatic heterocycles. The molecule has 0 spiro atoms. The summed E-state index contributed by atoms with van der Waals surface area (Å²) in [5.41, 5.74) is 1.94. The van der Waals surface area contributed by atoms with Crippen LogP contribution in [0.25, 0.3) is 16.7 Å². The zero-order valence-corrected chi connectivity index (χ0v) is 18.0. The Balaban J connectivity index is 1.53. The smallest absolute Gasteiger partial charge is 0.251 e. The highest BCUT2D eigenvalue weighted by atomic mass is 19.1. The summed E-state index contributed by atoms with van der Waals surface area (Å²) in [5, 5.41) is 11.4. The highest BCUT2D eigenvalue weighted by Gasteiger charge is 2.16. The second-order valence-corrected chi connectivity index (χ2v) is 7.56. The van der Waals surface area contributed by atoms with Gasteiger partial charge in [0.2, 0.25) is 0 Å². The fourth-order valence-corrected chi connectivity index (χ4v) is 3.31. The van der Waals surface area contributed by atoms with Crippen LogP contribution < -0.4 is 10.6 Å². The number of hydrogen-bond acceptors (Lipinski definition) is 5. The lowest BCUT2D eigenvalue weighted by Gasteiger charge is -2.13. The first-order chi connectivity index (χ1) is 15.6. The molecular formula is C24H25FN6O. The number of carbonyl (C=O) groups excluding carboxylic acids is 1. The molecule has 164 valence electrons. The van der Waals surface area contributed by atoms with Crippen molar-refractivity contribution >= 4 is 22.8 Å². The Bertz CT molecular complexity index is 1220. The lowest BCUT2D eigenvalue weighted by Crippen LogP contribution is -2.29. The molecule has 0 fully saturated rings. The van der Waals surface area contributed by atoms with Gasteiger partial charge in [0.05, 0.1) is 17.3 Å². The van der Waals surface area contributed by atoms with E-state index in [0.717, 1.165) is 29.0 Å². The normalized spacial score (nSPS) is 12.0. The molecule has 0 saturated carbocycles. The van der Waals surface area contributed by atoms with Gasteiger partial charge in [-0.25, -0.2) is 19.0 Å². The maximum absolute atomic E-state index is 13.3. The van der Waals surface area contributed by atoms with E-state index in [4.69, 9.17) is 9.97 Å². The second kappa shape index (κ2) is 9.55. The van der Waals surface area contributed by atoms with E-state index in [2.05, 4.69) is 29.6 Å². The van der Waals surface area contributed by atoms with E-state index in [-0.39, 0.29) is 17.4 Å². The molecule has 32 heavy (non-hydrogen) atoms. The lowest BCUT2D eigenvalue weighted by molar-refractivity contribution is 0.0954. The Kier molecular flexibility index (Phi) is 6.39. The lowest BCUT2D eigenvalue weighted by atomic mass is 10.1. The van der Waals surface area contributed by atoms with Crippen LogP contribution in [0.15, 0.2) is 60.8 Å². The molecule has 0 aliphatic rings. The molecule has 1 amide bonds. The van der Waals surface area contributed by atoms with Crippen LogP contribution in [-0.2, 0) is 0 Å². The standard InChI is InChI=1S/C24H25FN6O/c1-3-16(2)21-29-22(26-12-13-27-24(32)17-8-7-9-18(25)14-17)20-15-28-31(23(20)30-21)19-10-5-4-6-11-19/h4-11,14-16H,3,12-13H2,1-2H3,(H,27,32)(H,26,29,30)/t16-/m1/s1. The van der Waals surface area contributed by atoms with Gasteiger partial charge < -0.3 is 10.6 Å². The number of carbonyl (C=O) groups is 1. The molecule has 8 heteroatoms. The first-order valence-electron chi connectivity index (χ1n) is 10.7.